The maximum atomic E-state index is 6.14. The highest BCUT2D eigenvalue weighted by atomic mass is 79.9. The number of piperidine rings is 1. The van der Waals surface area contributed by atoms with E-state index in [9.17, 15) is 0 Å². The number of ether oxygens (including phenoxy) is 2. The molecular formula is C23H29BrN6O2S. The fourth-order valence-corrected chi connectivity index (χ4v) is 5.99. The van der Waals surface area contributed by atoms with Gasteiger partial charge >= 0.3 is 0 Å². The Morgan fingerprint density at radius 3 is 2.73 bits per heavy atom. The molecule has 176 valence electrons. The fraction of sp³-hybridized carbons (Fsp3) is 0.522. The zero-order chi connectivity index (χ0) is 22.8. The normalized spacial score (nSPS) is 16.7. The molecule has 0 unspecified atom stereocenters. The molecule has 1 aromatic carbocycles. The van der Waals surface area contributed by atoms with E-state index in [1.54, 1.807) is 11.8 Å². The van der Waals surface area contributed by atoms with Crippen LogP contribution in [0.2, 0.25) is 0 Å². The first-order valence-electron chi connectivity index (χ1n) is 11.6. The van der Waals surface area contributed by atoms with E-state index in [4.69, 9.17) is 20.2 Å². The van der Waals surface area contributed by atoms with E-state index < -0.39 is 0 Å². The van der Waals surface area contributed by atoms with Gasteiger partial charge in [0.25, 0.3) is 0 Å². The van der Waals surface area contributed by atoms with Crippen molar-refractivity contribution in [1.29, 1.82) is 0 Å². The molecule has 2 N–H and O–H groups in total. The van der Waals surface area contributed by atoms with Gasteiger partial charge in [-0.05, 0) is 79.3 Å². The number of rotatable bonds is 8. The lowest BCUT2D eigenvalue weighted by Crippen LogP contribution is -2.34. The number of nitrogen functional groups attached to an aromatic ring is 1. The van der Waals surface area contributed by atoms with Crippen molar-refractivity contribution in [3.05, 3.63) is 22.9 Å². The molecule has 2 aliphatic rings. The molecule has 1 fully saturated rings. The Balaban J connectivity index is 1.35. The fourth-order valence-electron chi connectivity index (χ4n) is 4.48. The summed E-state index contributed by atoms with van der Waals surface area (Å²) in [5, 5.41) is 0.858. The van der Waals surface area contributed by atoms with Gasteiger partial charge in [-0.2, -0.15) is 0 Å². The minimum atomic E-state index is 0.248. The lowest BCUT2D eigenvalue weighted by Gasteiger charge is -2.32. The minimum Gasteiger partial charge on any atom is -0.454 e. The number of fused-ring (bicyclic) bond motifs is 2. The van der Waals surface area contributed by atoms with Crippen molar-refractivity contribution >= 4 is 44.7 Å². The Labute approximate surface area is 206 Å². The molecule has 0 atom stereocenters. The van der Waals surface area contributed by atoms with Gasteiger partial charge in [0.1, 0.15) is 6.33 Å². The molecule has 0 aliphatic carbocycles. The molecule has 4 heterocycles. The van der Waals surface area contributed by atoms with Crippen LogP contribution < -0.4 is 15.2 Å². The van der Waals surface area contributed by atoms with E-state index in [2.05, 4.69) is 42.3 Å². The molecule has 33 heavy (non-hydrogen) atoms. The topological polar surface area (TPSA) is 91.3 Å². The predicted molar refractivity (Wildman–Crippen MR) is 133 cm³/mol. The number of aromatic nitrogens is 4. The van der Waals surface area contributed by atoms with Gasteiger partial charge in [-0.15, -0.1) is 0 Å². The third-order valence-electron chi connectivity index (χ3n) is 6.45. The first-order chi connectivity index (χ1) is 16.1. The highest BCUT2D eigenvalue weighted by molar-refractivity contribution is 9.10. The molecule has 0 amide bonds. The highest BCUT2D eigenvalue weighted by Crippen LogP contribution is 2.43. The Morgan fingerprint density at radius 1 is 1.15 bits per heavy atom. The van der Waals surface area contributed by atoms with Crippen molar-refractivity contribution in [2.75, 3.05) is 32.2 Å². The summed E-state index contributed by atoms with van der Waals surface area (Å²) in [5.74, 6) is 2.63. The number of nitrogens with two attached hydrogens (primary N) is 1. The lowest BCUT2D eigenvalue weighted by atomic mass is 9.93. The number of unbranched alkanes of at least 4 members (excludes halogenated alkanes) is 1. The monoisotopic (exact) mass is 532 g/mol. The van der Waals surface area contributed by atoms with E-state index in [0.717, 1.165) is 50.6 Å². The van der Waals surface area contributed by atoms with Gasteiger partial charge in [-0.25, -0.2) is 15.0 Å². The van der Waals surface area contributed by atoms with Crippen LogP contribution in [0.3, 0.4) is 0 Å². The molecule has 0 radical (unpaired) electrons. The second-order valence-corrected chi connectivity index (χ2v) is 10.5. The molecule has 1 saturated heterocycles. The van der Waals surface area contributed by atoms with Gasteiger partial charge in [0, 0.05) is 15.9 Å². The summed E-state index contributed by atoms with van der Waals surface area (Å²) in [7, 11) is 0. The van der Waals surface area contributed by atoms with Crippen molar-refractivity contribution in [2.45, 2.75) is 55.6 Å². The van der Waals surface area contributed by atoms with Crippen molar-refractivity contribution in [3.8, 4) is 11.5 Å². The van der Waals surface area contributed by atoms with Crippen LogP contribution in [0.15, 0.2) is 33.0 Å². The summed E-state index contributed by atoms with van der Waals surface area (Å²) < 4.78 is 14.2. The number of benzene rings is 1. The summed E-state index contributed by atoms with van der Waals surface area (Å²) in [4.78, 5) is 17.1. The van der Waals surface area contributed by atoms with E-state index in [1.165, 1.54) is 51.6 Å². The third-order valence-corrected chi connectivity index (χ3v) is 8.42. The summed E-state index contributed by atoms with van der Waals surface area (Å²) in [6.07, 6.45) is 7.69. The number of hydrogen-bond acceptors (Lipinski definition) is 8. The number of likely N-dealkylation sites (tertiary alicyclic amines) is 1. The Morgan fingerprint density at radius 2 is 1.94 bits per heavy atom. The van der Waals surface area contributed by atoms with E-state index >= 15 is 0 Å². The van der Waals surface area contributed by atoms with Crippen LogP contribution in [0.5, 0.6) is 11.5 Å². The van der Waals surface area contributed by atoms with Gasteiger partial charge in [-0.1, -0.05) is 25.1 Å². The SMILES string of the molecule is CCCCN1CCC(CCn2c(Sc3cc4c(cc3Br)OCO4)nc3c(N)ncnc32)CC1. The standard InChI is InChI=1S/C23H29BrN6O2S/c1-2-3-7-29-8-4-15(5-9-29)6-10-30-22-20(21(25)26-13-27-22)28-23(30)33-19-12-18-17(11-16(19)24)31-14-32-18/h11-13,15H,2-10,14H2,1H3,(H2,25,26,27). The molecule has 2 aromatic heterocycles. The smallest absolute Gasteiger partial charge is 0.231 e. The minimum absolute atomic E-state index is 0.248. The van der Waals surface area contributed by atoms with Crippen LogP contribution in [-0.2, 0) is 6.54 Å². The summed E-state index contributed by atoms with van der Waals surface area (Å²) >= 11 is 5.24. The number of imidazole rings is 1. The lowest BCUT2D eigenvalue weighted by molar-refractivity contribution is 0.174. The zero-order valence-electron chi connectivity index (χ0n) is 18.8. The first kappa shape index (κ1) is 22.7. The molecule has 0 saturated carbocycles. The van der Waals surface area contributed by atoms with Crippen molar-refractivity contribution in [1.82, 2.24) is 24.4 Å². The number of hydrogen-bond donors (Lipinski definition) is 1. The zero-order valence-corrected chi connectivity index (χ0v) is 21.2. The Kier molecular flexibility index (Phi) is 6.94. The molecule has 3 aromatic rings. The van der Waals surface area contributed by atoms with Gasteiger partial charge in [-0.3, -0.25) is 0 Å². The average molecular weight is 533 g/mol. The summed E-state index contributed by atoms with van der Waals surface area (Å²) in [6, 6.07) is 3.93. The first-order valence-corrected chi connectivity index (χ1v) is 13.2. The highest BCUT2D eigenvalue weighted by Gasteiger charge is 2.23. The molecule has 10 heteroatoms. The molecule has 8 nitrogen and oxygen atoms in total. The molecule has 0 bridgehead atoms. The number of halogens is 1. The second-order valence-electron chi connectivity index (χ2n) is 8.64. The average Bonchev–Trinajstić information content (AvgIpc) is 3.42. The largest absolute Gasteiger partial charge is 0.454 e. The van der Waals surface area contributed by atoms with Crippen molar-refractivity contribution in [3.63, 3.8) is 0 Å². The maximum Gasteiger partial charge on any atom is 0.231 e. The van der Waals surface area contributed by atoms with E-state index in [1.807, 2.05) is 12.1 Å². The number of anilines is 1. The van der Waals surface area contributed by atoms with Crippen LogP contribution in [0.4, 0.5) is 5.82 Å². The van der Waals surface area contributed by atoms with Crippen LogP contribution in [0.25, 0.3) is 11.2 Å². The molecular weight excluding hydrogens is 504 g/mol. The van der Waals surface area contributed by atoms with Gasteiger partial charge in [0.2, 0.25) is 6.79 Å². The molecule has 5 rings (SSSR count). The van der Waals surface area contributed by atoms with Crippen molar-refractivity contribution in [2.24, 2.45) is 5.92 Å². The Hall–Kier alpha value is -2.04. The van der Waals surface area contributed by atoms with Gasteiger partial charge in [0.05, 0.1) is 0 Å². The van der Waals surface area contributed by atoms with Gasteiger partial charge < -0.3 is 24.7 Å². The summed E-state index contributed by atoms with van der Waals surface area (Å²) in [5.41, 5.74) is 7.59. The van der Waals surface area contributed by atoms with Crippen LogP contribution in [-0.4, -0.2) is 50.8 Å². The van der Waals surface area contributed by atoms with Crippen molar-refractivity contribution < 1.29 is 9.47 Å². The third kappa shape index (κ3) is 4.93. The van der Waals surface area contributed by atoms with E-state index in [0.29, 0.717) is 11.3 Å². The van der Waals surface area contributed by atoms with Crippen LogP contribution in [0.1, 0.15) is 39.0 Å². The molecule has 2 aliphatic heterocycles. The Bertz CT molecular complexity index is 1130. The van der Waals surface area contributed by atoms with Crippen LogP contribution >= 0.6 is 27.7 Å². The number of aryl methyl sites for hydroxylation is 1. The summed E-state index contributed by atoms with van der Waals surface area (Å²) in [6.45, 7) is 7.01. The molecule has 0 spiro atoms. The van der Waals surface area contributed by atoms with Gasteiger partial charge in [0.15, 0.2) is 33.6 Å². The number of nitrogens with zero attached hydrogens (tertiary/aromatic N) is 5. The predicted octanol–water partition coefficient (Wildman–Crippen LogP) is 4.95. The van der Waals surface area contributed by atoms with Crippen LogP contribution in [0, 0.1) is 5.92 Å². The second kappa shape index (κ2) is 10.1. The quantitative estimate of drug-likeness (QED) is 0.435. The maximum absolute atomic E-state index is 6.14. The van der Waals surface area contributed by atoms with E-state index in [-0.39, 0.29) is 6.79 Å².